The molecule has 0 unspecified atom stereocenters. The first-order valence-corrected chi connectivity index (χ1v) is 7.13. The van der Waals surface area contributed by atoms with Crippen molar-refractivity contribution in [1.29, 1.82) is 0 Å². The van der Waals surface area contributed by atoms with Crippen LogP contribution in [0.5, 0.6) is 11.5 Å². The molecule has 1 aliphatic rings. The summed E-state index contributed by atoms with van der Waals surface area (Å²) in [5.41, 5.74) is 2.54. The van der Waals surface area contributed by atoms with Gasteiger partial charge in [-0.3, -0.25) is 0 Å². The van der Waals surface area contributed by atoms with E-state index >= 15 is 0 Å². The minimum atomic E-state index is -0.370. The molecule has 0 aliphatic carbocycles. The van der Waals surface area contributed by atoms with E-state index in [4.69, 9.17) is 14.2 Å². The Hall–Kier alpha value is -3.01. The molecule has 23 heavy (non-hydrogen) atoms. The first-order chi connectivity index (χ1) is 11.2. The SMILES string of the molecule is COc1ccc(C2=CC(=O)OC2=Cc2cccc(OC)c2)cc1. The Labute approximate surface area is 134 Å². The van der Waals surface area contributed by atoms with Gasteiger partial charge in [0.25, 0.3) is 0 Å². The fourth-order valence-electron chi connectivity index (χ4n) is 2.37. The molecule has 2 aromatic rings. The minimum Gasteiger partial charge on any atom is -0.497 e. The maximum absolute atomic E-state index is 11.7. The lowest BCUT2D eigenvalue weighted by Gasteiger charge is -2.07. The lowest BCUT2D eigenvalue weighted by molar-refractivity contribution is -0.132. The predicted octanol–water partition coefficient (Wildman–Crippen LogP) is 3.69. The zero-order valence-corrected chi connectivity index (χ0v) is 12.9. The van der Waals surface area contributed by atoms with Crippen molar-refractivity contribution >= 4 is 17.6 Å². The fraction of sp³-hybridized carbons (Fsp3) is 0.105. The molecule has 0 fully saturated rings. The molecule has 0 spiro atoms. The van der Waals surface area contributed by atoms with Crippen molar-refractivity contribution in [3.8, 4) is 11.5 Å². The third kappa shape index (κ3) is 3.26. The summed E-state index contributed by atoms with van der Waals surface area (Å²) in [6.07, 6.45) is 3.32. The van der Waals surface area contributed by atoms with E-state index in [1.54, 1.807) is 14.2 Å². The molecule has 0 saturated carbocycles. The summed E-state index contributed by atoms with van der Waals surface area (Å²) in [6.45, 7) is 0. The summed E-state index contributed by atoms with van der Waals surface area (Å²) in [6, 6.07) is 15.0. The molecule has 4 nitrogen and oxygen atoms in total. The third-order valence-corrected chi connectivity index (χ3v) is 3.53. The summed E-state index contributed by atoms with van der Waals surface area (Å²) in [5.74, 6) is 1.66. The van der Waals surface area contributed by atoms with Crippen molar-refractivity contribution in [3.05, 3.63) is 71.5 Å². The first-order valence-electron chi connectivity index (χ1n) is 7.13. The molecule has 0 N–H and O–H groups in total. The van der Waals surface area contributed by atoms with E-state index in [0.29, 0.717) is 5.76 Å². The van der Waals surface area contributed by atoms with Crippen LogP contribution in [0, 0.1) is 0 Å². The van der Waals surface area contributed by atoms with Gasteiger partial charge in [-0.15, -0.1) is 0 Å². The average Bonchev–Trinajstić information content (AvgIpc) is 2.95. The van der Waals surface area contributed by atoms with Gasteiger partial charge in [-0.2, -0.15) is 0 Å². The van der Waals surface area contributed by atoms with Gasteiger partial charge < -0.3 is 14.2 Å². The summed E-state index contributed by atoms with van der Waals surface area (Å²) in [7, 11) is 3.23. The summed E-state index contributed by atoms with van der Waals surface area (Å²) in [4.78, 5) is 11.7. The van der Waals surface area contributed by atoms with Gasteiger partial charge in [-0.1, -0.05) is 24.3 Å². The molecular weight excluding hydrogens is 292 g/mol. The number of cyclic esters (lactones) is 1. The fourth-order valence-corrected chi connectivity index (χ4v) is 2.37. The van der Waals surface area contributed by atoms with Crippen molar-refractivity contribution in [1.82, 2.24) is 0 Å². The van der Waals surface area contributed by atoms with E-state index in [0.717, 1.165) is 28.2 Å². The van der Waals surface area contributed by atoms with Gasteiger partial charge in [0, 0.05) is 11.6 Å². The molecule has 116 valence electrons. The number of benzene rings is 2. The van der Waals surface area contributed by atoms with Gasteiger partial charge in [0.2, 0.25) is 0 Å². The van der Waals surface area contributed by atoms with Crippen molar-refractivity contribution in [2.24, 2.45) is 0 Å². The Bertz CT molecular complexity index is 785. The molecule has 4 heteroatoms. The summed E-state index contributed by atoms with van der Waals surface area (Å²) in [5, 5.41) is 0. The monoisotopic (exact) mass is 308 g/mol. The van der Waals surface area contributed by atoms with Crippen LogP contribution in [0.4, 0.5) is 0 Å². The van der Waals surface area contributed by atoms with Crippen LogP contribution in [-0.4, -0.2) is 20.2 Å². The number of methoxy groups -OCH3 is 2. The highest BCUT2D eigenvalue weighted by atomic mass is 16.5. The van der Waals surface area contributed by atoms with Gasteiger partial charge in [-0.25, -0.2) is 4.79 Å². The van der Waals surface area contributed by atoms with Crippen molar-refractivity contribution < 1.29 is 19.0 Å². The Balaban J connectivity index is 1.95. The molecule has 0 bridgehead atoms. The zero-order chi connectivity index (χ0) is 16.2. The summed E-state index contributed by atoms with van der Waals surface area (Å²) >= 11 is 0. The smallest absolute Gasteiger partial charge is 0.336 e. The average molecular weight is 308 g/mol. The second kappa shape index (κ2) is 6.40. The molecule has 0 saturated heterocycles. The number of carbonyl (C=O) groups excluding carboxylic acids is 1. The van der Waals surface area contributed by atoms with Crippen molar-refractivity contribution in [2.75, 3.05) is 14.2 Å². The lowest BCUT2D eigenvalue weighted by atomic mass is 10.0. The van der Waals surface area contributed by atoms with Gasteiger partial charge in [0.1, 0.15) is 17.3 Å². The number of carbonyl (C=O) groups is 1. The van der Waals surface area contributed by atoms with E-state index < -0.39 is 0 Å². The topological polar surface area (TPSA) is 44.8 Å². The van der Waals surface area contributed by atoms with Gasteiger partial charge >= 0.3 is 5.97 Å². The number of esters is 1. The van der Waals surface area contributed by atoms with Gasteiger partial charge in [0.15, 0.2) is 0 Å². The van der Waals surface area contributed by atoms with Crippen LogP contribution in [-0.2, 0) is 9.53 Å². The quantitative estimate of drug-likeness (QED) is 0.808. The van der Waals surface area contributed by atoms with Crippen molar-refractivity contribution in [3.63, 3.8) is 0 Å². The van der Waals surface area contributed by atoms with E-state index in [1.165, 1.54) is 6.08 Å². The van der Waals surface area contributed by atoms with Crippen LogP contribution in [0.25, 0.3) is 11.6 Å². The molecule has 3 rings (SSSR count). The third-order valence-electron chi connectivity index (χ3n) is 3.53. The van der Waals surface area contributed by atoms with Crippen molar-refractivity contribution in [2.45, 2.75) is 0 Å². The predicted molar refractivity (Wildman–Crippen MR) is 88.0 cm³/mol. The molecule has 0 aromatic heterocycles. The largest absolute Gasteiger partial charge is 0.497 e. The molecule has 0 atom stereocenters. The van der Waals surface area contributed by atoms with E-state index in [-0.39, 0.29) is 5.97 Å². The molecule has 0 radical (unpaired) electrons. The Kier molecular flexibility index (Phi) is 4.15. The van der Waals surface area contributed by atoms with Gasteiger partial charge in [0.05, 0.1) is 14.2 Å². The highest BCUT2D eigenvalue weighted by Gasteiger charge is 2.21. The standard InChI is InChI=1S/C19H16O4/c1-21-15-8-6-14(7-9-15)17-12-19(20)23-18(17)11-13-4-3-5-16(10-13)22-2/h3-12H,1-2H3. The first kappa shape index (κ1) is 14.9. The summed E-state index contributed by atoms with van der Waals surface area (Å²) < 4.78 is 15.7. The van der Waals surface area contributed by atoms with Crippen LogP contribution in [0.15, 0.2) is 60.4 Å². The number of rotatable bonds is 4. The molecule has 1 aliphatic heterocycles. The van der Waals surface area contributed by atoms with Crippen LogP contribution in [0.2, 0.25) is 0 Å². The molecule has 2 aromatic carbocycles. The zero-order valence-electron chi connectivity index (χ0n) is 12.9. The van der Waals surface area contributed by atoms with E-state index in [2.05, 4.69) is 0 Å². The highest BCUT2D eigenvalue weighted by molar-refractivity contribution is 6.03. The number of hydrogen-bond donors (Lipinski definition) is 0. The second-order valence-corrected chi connectivity index (χ2v) is 4.99. The Morgan fingerprint density at radius 1 is 0.957 bits per heavy atom. The van der Waals surface area contributed by atoms with E-state index in [1.807, 2.05) is 54.6 Å². The maximum atomic E-state index is 11.7. The number of ether oxygens (including phenoxy) is 3. The molecule has 1 heterocycles. The van der Waals surface area contributed by atoms with Gasteiger partial charge in [-0.05, 0) is 41.5 Å². The maximum Gasteiger partial charge on any atom is 0.336 e. The molecule has 0 amide bonds. The minimum absolute atomic E-state index is 0.370. The lowest BCUT2D eigenvalue weighted by Crippen LogP contribution is -1.92. The second-order valence-electron chi connectivity index (χ2n) is 4.99. The highest BCUT2D eigenvalue weighted by Crippen LogP contribution is 2.32. The van der Waals surface area contributed by atoms with Crippen LogP contribution in [0.1, 0.15) is 11.1 Å². The van der Waals surface area contributed by atoms with Crippen LogP contribution >= 0.6 is 0 Å². The van der Waals surface area contributed by atoms with Crippen LogP contribution < -0.4 is 9.47 Å². The van der Waals surface area contributed by atoms with E-state index in [9.17, 15) is 4.79 Å². The number of allylic oxidation sites excluding steroid dienone is 1. The molecular formula is C19H16O4. The number of hydrogen-bond acceptors (Lipinski definition) is 4. The Morgan fingerprint density at radius 3 is 2.39 bits per heavy atom. The van der Waals surface area contributed by atoms with Crippen LogP contribution in [0.3, 0.4) is 0 Å². The normalized spacial score (nSPS) is 15.3. The Morgan fingerprint density at radius 2 is 1.70 bits per heavy atom.